The molecule has 1 aromatic carbocycles. The van der Waals surface area contributed by atoms with E-state index in [1.54, 1.807) is 0 Å². The summed E-state index contributed by atoms with van der Waals surface area (Å²) in [5, 5.41) is 8.76. The zero-order valence-electron chi connectivity index (χ0n) is 7.87. The van der Waals surface area contributed by atoms with Crippen molar-refractivity contribution < 1.29 is 28.9 Å². The van der Waals surface area contributed by atoms with Crippen LogP contribution in [0.3, 0.4) is 0 Å². The summed E-state index contributed by atoms with van der Waals surface area (Å²) in [6, 6.07) is 5.78. The van der Waals surface area contributed by atoms with Crippen LogP contribution >= 0.6 is 19.2 Å². The van der Waals surface area contributed by atoms with Crippen molar-refractivity contribution in [2.45, 2.75) is 0 Å². The summed E-state index contributed by atoms with van der Waals surface area (Å²) >= 11 is 5.59. The van der Waals surface area contributed by atoms with Crippen LogP contribution in [0.1, 0.15) is 0 Å². The molecular weight excluding hydrogens is 259 g/mol. The lowest BCUT2D eigenvalue weighted by molar-refractivity contribution is -0.136. The maximum atomic E-state index is 11.1. The SMILES string of the molecule is O=C(O)CP(=O)(O)OOc1ccc(Cl)cc1. The molecule has 0 aromatic heterocycles. The summed E-state index contributed by atoms with van der Waals surface area (Å²) in [5.41, 5.74) is 0. The van der Waals surface area contributed by atoms with Crippen molar-refractivity contribution in [2.24, 2.45) is 0 Å². The highest BCUT2D eigenvalue weighted by molar-refractivity contribution is 7.53. The molecule has 6 nitrogen and oxygen atoms in total. The molecule has 2 N–H and O–H groups in total. The highest BCUT2D eigenvalue weighted by atomic mass is 35.5. The maximum absolute atomic E-state index is 11.1. The van der Waals surface area contributed by atoms with Gasteiger partial charge in [-0.15, -0.1) is 0 Å². The zero-order valence-corrected chi connectivity index (χ0v) is 9.52. The molecule has 8 heteroatoms. The standard InChI is InChI=1S/C8H8ClO6P/c9-6-1-3-7(4-2-6)14-15-16(12,13)5-8(10)11/h1-4H,5H2,(H,10,11)(H,12,13). The number of carboxylic acids is 1. The van der Waals surface area contributed by atoms with E-state index in [-0.39, 0.29) is 5.75 Å². The fourth-order valence-corrected chi connectivity index (χ4v) is 1.51. The Kier molecular flexibility index (Phi) is 4.32. The molecule has 1 aromatic rings. The lowest BCUT2D eigenvalue weighted by Crippen LogP contribution is -2.07. The Hall–Kier alpha value is -1.07. The molecule has 0 saturated carbocycles. The summed E-state index contributed by atoms with van der Waals surface area (Å²) in [6.07, 6.45) is -1.03. The van der Waals surface area contributed by atoms with Crippen LogP contribution in [0.5, 0.6) is 5.75 Å². The van der Waals surface area contributed by atoms with E-state index in [1.165, 1.54) is 24.3 Å². The molecule has 0 fully saturated rings. The number of carboxylic acid groups (broad SMARTS) is 1. The molecule has 0 aliphatic rings. The van der Waals surface area contributed by atoms with Crippen molar-refractivity contribution in [3.63, 3.8) is 0 Å². The molecule has 88 valence electrons. The van der Waals surface area contributed by atoms with Gasteiger partial charge in [-0.05, 0) is 24.3 Å². The van der Waals surface area contributed by atoms with E-state index in [9.17, 15) is 9.36 Å². The van der Waals surface area contributed by atoms with Gasteiger partial charge >= 0.3 is 13.6 Å². The molecule has 1 rings (SSSR count). The van der Waals surface area contributed by atoms with Gasteiger partial charge in [0.1, 0.15) is 0 Å². The first-order valence-corrected chi connectivity index (χ1v) is 6.18. The average Bonchev–Trinajstić information content (AvgIpc) is 2.15. The van der Waals surface area contributed by atoms with Gasteiger partial charge in [-0.3, -0.25) is 9.36 Å². The van der Waals surface area contributed by atoms with Gasteiger partial charge in [0, 0.05) is 5.02 Å². The minimum absolute atomic E-state index is 0.143. The Bertz CT molecular complexity index is 417. The van der Waals surface area contributed by atoms with Crippen molar-refractivity contribution in [1.82, 2.24) is 0 Å². The minimum Gasteiger partial charge on any atom is -0.481 e. The molecule has 0 aliphatic heterocycles. The molecule has 0 bridgehead atoms. The summed E-state index contributed by atoms with van der Waals surface area (Å²) in [7, 11) is -4.28. The van der Waals surface area contributed by atoms with Crippen molar-refractivity contribution in [3.05, 3.63) is 29.3 Å². The van der Waals surface area contributed by atoms with Crippen LogP contribution in [-0.2, 0) is 14.0 Å². The molecule has 1 atom stereocenters. The zero-order chi connectivity index (χ0) is 12.2. The third-order valence-corrected chi connectivity index (χ3v) is 2.63. The van der Waals surface area contributed by atoms with E-state index in [2.05, 4.69) is 9.56 Å². The first-order valence-electron chi connectivity index (χ1n) is 4.04. The van der Waals surface area contributed by atoms with Crippen LogP contribution in [0.25, 0.3) is 0 Å². The Balaban J connectivity index is 2.54. The predicted octanol–water partition coefficient (Wildman–Crippen LogP) is 1.92. The van der Waals surface area contributed by atoms with Gasteiger partial charge in [0.2, 0.25) is 0 Å². The number of benzene rings is 1. The van der Waals surface area contributed by atoms with Gasteiger partial charge in [-0.1, -0.05) is 16.3 Å². The molecule has 0 heterocycles. The number of carbonyl (C=O) groups is 1. The number of rotatable bonds is 5. The lowest BCUT2D eigenvalue weighted by atomic mass is 10.3. The van der Waals surface area contributed by atoms with Gasteiger partial charge in [0.25, 0.3) is 0 Å². The fourth-order valence-electron chi connectivity index (χ4n) is 0.789. The van der Waals surface area contributed by atoms with Crippen LogP contribution in [0, 0.1) is 0 Å². The van der Waals surface area contributed by atoms with Crippen LogP contribution in [0.4, 0.5) is 0 Å². The normalized spacial score (nSPS) is 14.1. The van der Waals surface area contributed by atoms with E-state index < -0.39 is 19.7 Å². The van der Waals surface area contributed by atoms with Crippen LogP contribution in [-0.4, -0.2) is 22.1 Å². The predicted molar refractivity (Wildman–Crippen MR) is 55.5 cm³/mol. The van der Waals surface area contributed by atoms with Crippen molar-refractivity contribution in [1.29, 1.82) is 0 Å². The van der Waals surface area contributed by atoms with Gasteiger partial charge in [-0.25, -0.2) is 0 Å². The average molecular weight is 267 g/mol. The van der Waals surface area contributed by atoms with E-state index >= 15 is 0 Å². The highest BCUT2D eigenvalue weighted by Crippen LogP contribution is 2.41. The Morgan fingerprint density at radius 3 is 2.44 bits per heavy atom. The summed E-state index contributed by atoms with van der Waals surface area (Å²) in [5.74, 6) is -1.31. The molecule has 1 unspecified atom stereocenters. The molecular formula is C8H8ClO6P. The third kappa shape index (κ3) is 4.63. The quantitative estimate of drug-likeness (QED) is 0.480. The van der Waals surface area contributed by atoms with Crippen molar-refractivity contribution in [3.8, 4) is 5.75 Å². The number of aliphatic carboxylic acids is 1. The lowest BCUT2D eigenvalue weighted by Gasteiger charge is -2.08. The molecule has 0 saturated heterocycles. The van der Waals surface area contributed by atoms with Crippen LogP contribution < -0.4 is 4.89 Å². The highest BCUT2D eigenvalue weighted by Gasteiger charge is 2.26. The fraction of sp³-hybridized carbons (Fsp3) is 0.125. The number of hydrogen-bond acceptors (Lipinski definition) is 4. The van der Waals surface area contributed by atoms with E-state index in [1.807, 2.05) is 0 Å². The topological polar surface area (TPSA) is 93.1 Å². The number of hydrogen-bond donors (Lipinski definition) is 2. The van der Waals surface area contributed by atoms with Crippen LogP contribution in [0.15, 0.2) is 24.3 Å². The second-order valence-electron chi connectivity index (χ2n) is 2.80. The van der Waals surface area contributed by atoms with Crippen molar-refractivity contribution in [2.75, 3.05) is 6.16 Å². The maximum Gasteiger partial charge on any atom is 0.377 e. The summed E-state index contributed by atoms with van der Waals surface area (Å²) < 4.78 is 15.2. The van der Waals surface area contributed by atoms with E-state index in [4.69, 9.17) is 21.6 Å². The van der Waals surface area contributed by atoms with Crippen molar-refractivity contribution >= 4 is 25.2 Å². The monoisotopic (exact) mass is 266 g/mol. The van der Waals surface area contributed by atoms with Gasteiger partial charge < -0.3 is 14.9 Å². The van der Waals surface area contributed by atoms with Gasteiger partial charge in [-0.2, -0.15) is 0 Å². The molecule has 0 spiro atoms. The molecule has 0 radical (unpaired) electrons. The smallest absolute Gasteiger partial charge is 0.377 e. The first kappa shape index (κ1) is 13.0. The Morgan fingerprint density at radius 2 is 1.94 bits per heavy atom. The molecule has 0 aliphatic carbocycles. The second kappa shape index (κ2) is 5.32. The summed E-state index contributed by atoms with van der Waals surface area (Å²) in [6.45, 7) is 0. The van der Waals surface area contributed by atoms with Crippen LogP contribution in [0.2, 0.25) is 5.02 Å². The summed E-state index contributed by atoms with van der Waals surface area (Å²) in [4.78, 5) is 23.7. The van der Waals surface area contributed by atoms with E-state index in [0.29, 0.717) is 5.02 Å². The van der Waals surface area contributed by atoms with E-state index in [0.717, 1.165) is 0 Å². The van der Waals surface area contributed by atoms with Gasteiger partial charge in [0.15, 0.2) is 11.9 Å². The Morgan fingerprint density at radius 1 is 1.38 bits per heavy atom. The second-order valence-corrected chi connectivity index (χ2v) is 4.98. The Labute approximate surface area is 95.8 Å². The molecule has 16 heavy (non-hydrogen) atoms. The van der Waals surface area contributed by atoms with Gasteiger partial charge in [0.05, 0.1) is 0 Å². The molecule has 0 amide bonds. The minimum atomic E-state index is -4.28. The number of halogens is 1. The third-order valence-electron chi connectivity index (χ3n) is 1.40. The largest absolute Gasteiger partial charge is 0.481 e. The first-order chi connectivity index (χ1) is 7.39.